The molecule has 2 aliphatic rings. The molecule has 2 bridgehead atoms. The molecule has 1 aromatic carbocycles. The van der Waals surface area contributed by atoms with E-state index in [4.69, 9.17) is 0 Å². The number of aryl methyl sites for hydroxylation is 1. The molecular formula is C15H19NO2S. The molecular weight excluding hydrogens is 258 g/mol. The Bertz CT molecular complexity index is 589. The third kappa shape index (κ3) is 2.60. The van der Waals surface area contributed by atoms with Crippen molar-refractivity contribution in [2.24, 2.45) is 17.8 Å². The van der Waals surface area contributed by atoms with Crippen molar-refractivity contribution in [3.63, 3.8) is 0 Å². The minimum atomic E-state index is -3.36. The highest BCUT2D eigenvalue weighted by molar-refractivity contribution is 7.89. The largest absolute Gasteiger partial charge is 0.240 e. The van der Waals surface area contributed by atoms with E-state index in [2.05, 4.69) is 16.9 Å². The zero-order chi connectivity index (χ0) is 13.5. The van der Waals surface area contributed by atoms with Crippen molar-refractivity contribution in [2.75, 3.05) is 6.54 Å². The van der Waals surface area contributed by atoms with E-state index in [0.717, 1.165) is 12.0 Å². The van der Waals surface area contributed by atoms with Crippen molar-refractivity contribution in [1.29, 1.82) is 0 Å². The van der Waals surface area contributed by atoms with Crippen molar-refractivity contribution >= 4 is 10.0 Å². The number of sulfonamides is 1. The fraction of sp³-hybridized carbons (Fsp3) is 0.467. The molecule has 1 saturated carbocycles. The fourth-order valence-corrected chi connectivity index (χ4v) is 4.24. The lowest BCUT2D eigenvalue weighted by Crippen LogP contribution is -2.31. The van der Waals surface area contributed by atoms with Gasteiger partial charge in [0.1, 0.15) is 0 Å². The fourth-order valence-electron chi connectivity index (χ4n) is 3.15. The van der Waals surface area contributed by atoms with E-state index in [1.165, 1.54) is 6.42 Å². The summed E-state index contributed by atoms with van der Waals surface area (Å²) in [7, 11) is -3.36. The molecule has 1 N–H and O–H groups in total. The van der Waals surface area contributed by atoms with E-state index < -0.39 is 10.0 Å². The van der Waals surface area contributed by atoms with Gasteiger partial charge in [-0.2, -0.15) is 0 Å². The average Bonchev–Trinajstić information content (AvgIpc) is 2.99. The van der Waals surface area contributed by atoms with Gasteiger partial charge in [-0.15, -0.1) is 0 Å². The van der Waals surface area contributed by atoms with Gasteiger partial charge in [-0.3, -0.25) is 0 Å². The van der Waals surface area contributed by atoms with Crippen LogP contribution in [0.5, 0.6) is 0 Å². The number of allylic oxidation sites excluding steroid dienone is 2. The molecule has 19 heavy (non-hydrogen) atoms. The average molecular weight is 277 g/mol. The van der Waals surface area contributed by atoms with Crippen LogP contribution < -0.4 is 4.72 Å². The lowest BCUT2D eigenvalue weighted by molar-refractivity contribution is 0.440. The van der Waals surface area contributed by atoms with Crippen molar-refractivity contribution in [1.82, 2.24) is 4.72 Å². The van der Waals surface area contributed by atoms with E-state index in [1.807, 2.05) is 19.1 Å². The van der Waals surface area contributed by atoms with Gasteiger partial charge in [0.25, 0.3) is 0 Å². The van der Waals surface area contributed by atoms with Crippen LogP contribution in [0.2, 0.25) is 0 Å². The Hall–Kier alpha value is -1.13. The summed E-state index contributed by atoms with van der Waals surface area (Å²) in [6, 6.07) is 6.99. The second-order valence-electron chi connectivity index (χ2n) is 5.71. The third-order valence-electron chi connectivity index (χ3n) is 4.28. The summed E-state index contributed by atoms with van der Waals surface area (Å²) in [6.07, 6.45) is 6.85. The van der Waals surface area contributed by atoms with Gasteiger partial charge in [-0.1, -0.05) is 29.8 Å². The lowest BCUT2D eigenvalue weighted by atomic mass is 9.94. The minimum Gasteiger partial charge on any atom is -0.211 e. The van der Waals surface area contributed by atoms with Gasteiger partial charge in [-0.05, 0) is 49.7 Å². The molecule has 2 unspecified atom stereocenters. The number of rotatable bonds is 4. The van der Waals surface area contributed by atoms with E-state index in [1.54, 1.807) is 12.1 Å². The standard InChI is InChI=1S/C15H19NO2S/c1-11-2-6-15(7-3-11)19(17,18)16-10-14-9-12-4-5-13(14)8-12/h2-7,12-14,16H,8-10H2,1H3/t12?,13?,14-/m0/s1. The monoisotopic (exact) mass is 277 g/mol. The van der Waals surface area contributed by atoms with Crippen LogP contribution in [-0.4, -0.2) is 15.0 Å². The first-order valence-corrected chi connectivity index (χ1v) is 8.27. The smallest absolute Gasteiger partial charge is 0.211 e. The molecule has 3 atom stereocenters. The molecule has 2 aliphatic carbocycles. The summed E-state index contributed by atoms with van der Waals surface area (Å²) in [5, 5.41) is 0. The van der Waals surface area contributed by atoms with Crippen molar-refractivity contribution in [3.05, 3.63) is 42.0 Å². The molecule has 0 radical (unpaired) electrons. The van der Waals surface area contributed by atoms with Crippen LogP contribution in [-0.2, 0) is 10.0 Å². The van der Waals surface area contributed by atoms with Gasteiger partial charge in [-0.25, -0.2) is 13.1 Å². The summed E-state index contributed by atoms with van der Waals surface area (Å²) in [6.45, 7) is 2.51. The maximum atomic E-state index is 12.2. The molecule has 4 heteroatoms. The molecule has 0 aromatic heterocycles. The van der Waals surface area contributed by atoms with E-state index in [-0.39, 0.29) is 0 Å². The summed E-state index contributed by atoms with van der Waals surface area (Å²) < 4.78 is 27.1. The van der Waals surface area contributed by atoms with Gasteiger partial charge in [0.15, 0.2) is 0 Å². The molecule has 0 aliphatic heterocycles. The maximum absolute atomic E-state index is 12.2. The summed E-state index contributed by atoms with van der Waals surface area (Å²) in [5.41, 5.74) is 1.07. The predicted octanol–water partition coefficient (Wildman–Crippen LogP) is 2.49. The van der Waals surface area contributed by atoms with Gasteiger partial charge >= 0.3 is 0 Å². The number of hydrogen-bond acceptors (Lipinski definition) is 2. The van der Waals surface area contributed by atoms with Crippen LogP contribution in [0.25, 0.3) is 0 Å². The van der Waals surface area contributed by atoms with Crippen molar-refractivity contribution in [2.45, 2.75) is 24.7 Å². The SMILES string of the molecule is Cc1ccc(S(=O)(=O)NC[C@@H]2CC3C=CC2C3)cc1. The number of hydrogen-bond donors (Lipinski definition) is 1. The lowest BCUT2D eigenvalue weighted by Gasteiger charge is -2.18. The van der Waals surface area contributed by atoms with Crippen LogP contribution in [0.3, 0.4) is 0 Å². The van der Waals surface area contributed by atoms with Gasteiger partial charge in [0.05, 0.1) is 4.90 Å². The molecule has 0 heterocycles. The van der Waals surface area contributed by atoms with Crippen molar-refractivity contribution in [3.8, 4) is 0 Å². The Labute approximate surface area is 114 Å². The Kier molecular flexibility index (Phi) is 3.23. The Balaban J connectivity index is 1.66. The Morgan fingerprint density at radius 2 is 1.89 bits per heavy atom. The molecule has 1 aromatic rings. The first-order chi connectivity index (χ1) is 9.04. The van der Waals surface area contributed by atoms with Gasteiger partial charge in [0.2, 0.25) is 10.0 Å². The molecule has 1 fully saturated rings. The van der Waals surface area contributed by atoms with Gasteiger partial charge < -0.3 is 0 Å². The highest BCUT2D eigenvalue weighted by Gasteiger charge is 2.35. The zero-order valence-electron chi connectivity index (χ0n) is 11.0. The zero-order valence-corrected chi connectivity index (χ0v) is 11.9. The summed E-state index contributed by atoms with van der Waals surface area (Å²) >= 11 is 0. The van der Waals surface area contributed by atoms with Crippen LogP contribution in [0, 0.1) is 24.7 Å². The Morgan fingerprint density at radius 1 is 1.16 bits per heavy atom. The molecule has 0 amide bonds. The second kappa shape index (κ2) is 4.76. The number of nitrogens with one attached hydrogen (secondary N) is 1. The van der Waals surface area contributed by atoms with Crippen LogP contribution in [0.4, 0.5) is 0 Å². The Morgan fingerprint density at radius 3 is 2.47 bits per heavy atom. The van der Waals surface area contributed by atoms with Crippen molar-refractivity contribution < 1.29 is 8.42 Å². The van der Waals surface area contributed by atoms with E-state index in [9.17, 15) is 8.42 Å². The molecule has 3 nitrogen and oxygen atoms in total. The molecule has 102 valence electrons. The predicted molar refractivity (Wildman–Crippen MR) is 75.2 cm³/mol. The quantitative estimate of drug-likeness (QED) is 0.859. The van der Waals surface area contributed by atoms with E-state index >= 15 is 0 Å². The highest BCUT2D eigenvalue weighted by Crippen LogP contribution is 2.43. The molecule has 0 spiro atoms. The third-order valence-corrected chi connectivity index (χ3v) is 5.72. The second-order valence-corrected chi connectivity index (χ2v) is 7.47. The normalized spacial score (nSPS) is 29.0. The summed E-state index contributed by atoms with van der Waals surface area (Å²) in [4.78, 5) is 0.358. The first kappa shape index (κ1) is 12.9. The topological polar surface area (TPSA) is 46.2 Å². The maximum Gasteiger partial charge on any atom is 0.240 e. The first-order valence-electron chi connectivity index (χ1n) is 6.79. The number of fused-ring (bicyclic) bond motifs is 2. The molecule has 0 saturated heterocycles. The van der Waals surface area contributed by atoms with Crippen LogP contribution in [0.1, 0.15) is 18.4 Å². The van der Waals surface area contributed by atoms with E-state index in [0.29, 0.717) is 29.2 Å². The highest BCUT2D eigenvalue weighted by atomic mass is 32.2. The van der Waals surface area contributed by atoms with Crippen LogP contribution >= 0.6 is 0 Å². The summed E-state index contributed by atoms with van der Waals surface area (Å²) in [5.74, 6) is 1.72. The van der Waals surface area contributed by atoms with Gasteiger partial charge in [0, 0.05) is 6.54 Å². The minimum absolute atomic E-state index is 0.358. The van der Waals surface area contributed by atoms with Crippen LogP contribution in [0.15, 0.2) is 41.3 Å². The number of benzene rings is 1. The molecule has 3 rings (SSSR count).